The number of rotatable bonds is 5. The van der Waals surface area contributed by atoms with Crippen molar-refractivity contribution < 1.29 is 0 Å². The molecular weight excluding hydrogens is 392 g/mol. The molecule has 5 nitrogen and oxygen atoms in total. The summed E-state index contributed by atoms with van der Waals surface area (Å²) in [5, 5.41) is 1.28. The van der Waals surface area contributed by atoms with Crippen molar-refractivity contribution in [1.82, 2.24) is 19.9 Å². The maximum absolute atomic E-state index is 12.3. The number of aryl methyl sites for hydroxylation is 2. The van der Waals surface area contributed by atoms with E-state index in [0.29, 0.717) is 10.6 Å². The molecule has 1 fully saturated rings. The average Bonchev–Trinajstić information content (AvgIpc) is 2.68. The number of thioether (sulfide) groups is 1. The number of hydrogen-bond acceptors (Lipinski definition) is 5. The number of fused-ring (bicyclic) bond motifs is 1. The van der Waals surface area contributed by atoms with Crippen LogP contribution in [0.15, 0.2) is 41.2 Å². The van der Waals surface area contributed by atoms with Crippen LogP contribution in [-0.2, 0) is 12.3 Å². The number of pyridine rings is 1. The van der Waals surface area contributed by atoms with Crippen molar-refractivity contribution in [3.8, 4) is 0 Å². The lowest BCUT2D eigenvalue weighted by molar-refractivity contribution is 0.222. The Balaban J connectivity index is 0.00000160. The van der Waals surface area contributed by atoms with Gasteiger partial charge < -0.3 is 4.98 Å². The molecule has 1 aliphatic rings. The summed E-state index contributed by atoms with van der Waals surface area (Å²) in [5.41, 5.74) is 4.06. The lowest BCUT2D eigenvalue weighted by atomic mass is 10.1. The highest BCUT2D eigenvalue weighted by Crippen LogP contribution is 2.26. The zero-order chi connectivity index (χ0) is 19.5. The van der Waals surface area contributed by atoms with Crippen LogP contribution in [0.3, 0.4) is 0 Å². The van der Waals surface area contributed by atoms with Crippen LogP contribution in [-0.4, -0.2) is 38.2 Å². The number of hydrogen-bond donors (Lipinski definition) is 1. The fourth-order valence-corrected chi connectivity index (χ4v) is 4.84. The van der Waals surface area contributed by atoms with Gasteiger partial charge in [-0.25, -0.2) is 4.98 Å². The van der Waals surface area contributed by atoms with Crippen molar-refractivity contribution >= 4 is 22.7 Å². The van der Waals surface area contributed by atoms with Crippen LogP contribution in [0.4, 0.5) is 0 Å². The Morgan fingerprint density at radius 3 is 2.53 bits per heavy atom. The molecule has 6 heteroatoms. The molecule has 0 atom stereocenters. The van der Waals surface area contributed by atoms with Gasteiger partial charge in [0.05, 0.1) is 22.3 Å². The zero-order valence-electron chi connectivity index (χ0n) is 16.4. The Morgan fingerprint density at radius 1 is 1.07 bits per heavy atom. The molecule has 0 spiro atoms. The van der Waals surface area contributed by atoms with Crippen LogP contribution in [0, 0.1) is 13.8 Å². The Morgan fingerprint density at radius 2 is 1.80 bits per heavy atom. The minimum atomic E-state index is -0.0372. The summed E-state index contributed by atoms with van der Waals surface area (Å²) in [5.74, 6) is 1.53. The van der Waals surface area contributed by atoms with Crippen molar-refractivity contribution in [3.63, 3.8) is 0 Å². The minimum Gasteiger partial charge on any atom is -0.309 e. The maximum Gasteiger partial charge on any atom is 0.258 e. The van der Waals surface area contributed by atoms with Gasteiger partial charge >= 0.3 is 0 Å². The third-order valence-corrected chi connectivity index (χ3v) is 6.69. The zero-order valence-corrected chi connectivity index (χ0v) is 17.3. The third-order valence-electron chi connectivity index (χ3n) is 5.31. The summed E-state index contributed by atoms with van der Waals surface area (Å²) < 4.78 is 0. The lowest BCUT2D eigenvalue weighted by Crippen LogP contribution is -2.34. The van der Waals surface area contributed by atoms with E-state index in [0.717, 1.165) is 66.5 Å². The van der Waals surface area contributed by atoms with Crippen LogP contribution in [0.5, 0.6) is 0 Å². The molecule has 0 aliphatic carbocycles. The molecule has 0 bridgehead atoms. The predicted octanol–water partition coefficient (Wildman–Crippen LogP) is 5.10. The Bertz CT molecular complexity index is 1030. The summed E-state index contributed by atoms with van der Waals surface area (Å²) in [7, 11) is 0. The van der Waals surface area contributed by atoms with E-state index in [2.05, 4.69) is 27.0 Å². The number of para-hydroxylation sites is 1. The molecular formula is C24H34N4OS. The average molecular weight is 427 g/mol. The van der Waals surface area contributed by atoms with Crippen molar-refractivity contribution in [3.05, 3.63) is 69.5 Å². The molecule has 4 rings (SSSR count). The molecule has 3 aromatic rings. The van der Waals surface area contributed by atoms with Crippen molar-refractivity contribution in [1.29, 1.82) is 0 Å². The first-order valence-corrected chi connectivity index (χ1v) is 10.9. The van der Waals surface area contributed by atoms with E-state index >= 15 is 0 Å². The van der Waals surface area contributed by atoms with E-state index in [-0.39, 0.29) is 20.4 Å². The van der Waals surface area contributed by atoms with Crippen LogP contribution in [0.1, 0.15) is 50.5 Å². The molecule has 1 aromatic carbocycles. The third kappa shape index (κ3) is 5.70. The molecule has 3 heterocycles. The van der Waals surface area contributed by atoms with Crippen LogP contribution in [0.25, 0.3) is 10.9 Å². The largest absolute Gasteiger partial charge is 0.309 e. The highest BCUT2D eigenvalue weighted by Gasteiger charge is 2.20. The molecule has 0 saturated carbocycles. The maximum atomic E-state index is 12.3. The van der Waals surface area contributed by atoms with Crippen LogP contribution >= 0.6 is 11.8 Å². The first-order chi connectivity index (χ1) is 13.6. The molecule has 30 heavy (non-hydrogen) atoms. The van der Waals surface area contributed by atoms with Gasteiger partial charge in [-0.3, -0.25) is 14.7 Å². The van der Waals surface area contributed by atoms with Gasteiger partial charge in [-0.05, 0) is 63.5 Å². The molecule has 0 radical (unpaired) electrons. The van der Waals surface area contributed by atoms with Gasteiger partial charge in [0.15, 0.2) is 0 Å². The molecule has 0 unspecified atom stereocenters. The quantitative estimate of drug-likeness (QED) is 0.615. The fraction of sp³-hybridized carbons (Fsp3) is 0.458. The van der Waals surface area contributed by atoms with Crippen LogP contribution < -0.4 is 5.56 Å². The second kappa shape index (κ2) is 10.7. The molecule has 0 amide bonds. The van der Waals surface area contributed by atoms with Gasteiger partial charge in [0, 0.05) is 17.5 Å². The molecule has 162 valence electrons. The topological polar surface area (TPSA) is 61.9 Å². The standard InChI is InChI=1S/C22H26N4OS.2CH4/c1-15-5-3-8-19-21(15)24-20(25-22(19)27)14-28-18-9-11-26(12-10-18)13-17-7-4-6-16(2)23-17;;/h3-8,18H,9-14H2,1-2H3,(H,24,25,27);2*1H4. The molecule has 1 saturated heterocycles. The van der Waals surface area contributed by atoms with Gasteiger partial charge in [0.2, 0.25) is 0 Å². The van der Waals surface area contributed by atoms with E-state index in [1.807, 2.05) is 49.9 Å². The van der Waals surface area contributed by atoms with Crippen molar-refractivity contribution in [2.24, 2.45) is 0 Å². The summed E-state index contributed by atoms with van der Waals surface area (Å²) in [6.45, 7) is 7.16. The second-order valence-electron chi connectivity index (χ2n) is 7.54. The minimum absolute atomic E-state index is 0. The highest BCUT2D eigenvalue weighted by atomic mass is 32.2. The molecule has 1 aliphatic heterocycles. The monoisotopic (exact) mass is 426 g/mol. The smallest absolute Gasteiger partial charge is 0.258 e. The highest BCUT2D eigenvalue weighted by molar-refractivity contribution is 7.99. The summed E-state index contributed by atoms with van der Waals surface area (Å²) in [4.78, 5) is 27.1. The van der Waals surface area contributed by atoms with E-state index in [4.69, 9.17) is 4.98 Å². The second-order valence-corrected chi connectivity index (χ2v) is 8.83. The summed E-state index contributed by atoms with van der Waals surface area (Å²) in [6, 6.07) is 12.0. The molecule has 2 aromatic heterocycles. The summed E-state index contributed by atoms with van der Waals surface area (Å²) in [6.07, 6.45) is 2.32. The van der Waals surface area contributed by atoms with Crippen molar-refractivity contribution in [2.75, 3.05) is 13.1 Å². The van der Waals surface area contributed by atoms with Gasteiger partial charge in [-0.2, -0.15) is 11.8 Å². The van der Waals surface area contributed by atoms with E-state index in [1.54, 1.807) is 0 Å². The Kier molecular flexibility index (Phi) is 8.62. The van der Waals surface area contributed by atoms with Gasteiger partial charge in [-0.15, -0.1) is 0 Å². The normalized spacial score (nSPS) is 14.9. The number of likely N-dealkylation sites (tertiary alicyclic amines) is 1. The van der Waals surface area contributed by atoms with E-state index in [1.165, 1.54) is 0 Å². The van der Waals surface area contributed by atoms with Crippen LogP contribution in [0.2, 0.25) is 0 Å². The SMILES string of the molecule is C.C.Cc1cccc(CN2CCC(SCc3nc4c(C)cccc4c(=O)[nH]3)CC2)n1. The number of nitrogens with zero attached hydrogens (tertiary/aromatic N) is 3. The number of piperidine rings is 1. The predicted molar refractivity (Wildman–Crippen MR) is 129 cm³/mol. The number of nitrogens with one attached hydrogen (secondary N) is 1. The summed E-state index contributed by atoms with van der Waals surface area (Å²) >= 11 is 1.91. The number of aromatic amines is 1. The first-order valence-electron chi connectivity index (χ1n) is 9.83. The molecule has 1 N–H and O–H groups in total. The number of aromatic nitrogens is 3. The van der Waals surface area contributed by atoms with E-state index in [9.17, 15) is 4.79 Å². The van der Waals surface area contributed by atoms with E-state index < -0.39 is 0 Å². The van der Waals surface area contributed by atoms with Gasteiger partial charge in [0.1, 0.15) is 5.82 Å². The Labute approximate surface area is 184 Å². The Hall–Kier alpha value is -2.18. The fourth-order valence-electron chi connectivity index (χ4n) is 3.77. The van der Waals surface area contributed by atoms with Crippen molar-refractivity contribution in [2.45, 2.75) is 59.1 Å². The number of benzene rings is 1. The lowest BCUT2D eigenvalue weighted by Gasteiger charge is -2.31. The van der Waals surface area contributed by atoms with Gasteiger partial charge in [-0.1, -0.05) is 33.1 Å². The number of H-pyrrole nitrogens is 1. The van der Waals surface area contributed by atoms with Gasteiger partial charge in [0.25, 0.3) is 5.56 Å². The first kappa shape index (κ1) is 24.1.